The summed E-state index contributed by atoms with van der Waals surface area (Å²) >= 11 is 0. The minimum absolute atomic E-state index is 0.250. The van der Waals surface area contributed by atoms with Gasteiger partial charge in [-0.2, -0.15) is 0 Å². The van der Waals surface area contributed by atoms with E-state index in [1.807, 2.05) is 0 Å². The Hall–Kier alpha value is -0.610. The third-order valence-corrected chi connectivity index (χ3v) is 3.44. The van der Waals surface area contributed by atoms with E-state index in [0.717, 1.165) is 12.6 Å². The van der Waals surface area contributed by atoms with E-state index in [9.17, 15) is 4.79 Å². The summed E-state index contributed by atoms with van der Waals surface area (Å²) in [6.07, 6.45) is 5.13. The van der Waals surface area contributed by atoms with Crippen LogP contribution in [0.5, 0.6) is 0 Å². The SMILES string of the molecule is O=C(CO)NCC1CCN(C2CC2)CC1. The van der Waals surface area contributed by atoms with E-state index in [-0.39, 0.29) is 12.5 Å². The molecule has 0 aromatic carbocycles. The molecule has 1 aliphatic heterocycles. The second kappa shape index (κ2) is 4.94. The summed E-state index contributed by atoms with van der Waals surface area (Å²) in [6.45, 7) is 2.72. The first-order valence-electron chi connectivity index (χ1n) is 5.91. The van der Waals surface area contributed by atoms with Gasteiger partial charge in [0.05, 0.1) is 0 Å². The molecule has 2 rings (SSSR count). The highest BCUT2D eigenvalue weighted by atomic mass is 16.3. The largest absolute Gasteiger partial charge is 0.387 e. The topological polar surface area (TPSA) is 52.6 Å². The fourth-order valence-electron chi connectivity index (χ4n) is 2.28. The van der Waals surface area contributed by atoms with Gasteiger partial charge in [0.25, 0.3) is 0 Å². The first-order valence-corrected chi connectivity index (χ1v) is 5.91. The van der Waals surface area contributed by atoms with Gasteiger partial charge in [0.2, 0.25) is 5.91 Å². The maximum atomic E-state index is 10.9. The van der Waals surface area contributed by atoms with Crippen LogP contribution in [0, 0.1) is 5.92 Å². The van der Waals surface area contributed by atoms with E-state index in [1.165, 1.54) is 38.8 Å². The molecule has 2 N–H and O–H groups in total. The number of aliphatic hydroxyl groups is 1. The molecule has 0 aromatic rings. The van der Waals surface area contributed by atoms with E-state index >= 15 is 0 Å². The minimum Gasteiger partial charge on any atom is -0.387 e. The number of carbonyl (C=O) groups excluding carboxylic acids is 1. The summed E-state index contributed by atoms with van der Waals surface area (Å²) < 4.78 is 0. The highest BCUT2D eigenvalue weighted by Crippen LogP contribution is 2.30. The van der Waals surface area contributed by atoms with Gasteiger partial charge in [0, 0.05) is 12.6 Å². The normalized spacial score (nSPS) is 24.1. The zero-order valence-corrected chi connectivity index (χ0v) is 9.11. The lowest BCUT2D eigenvalue weighted by Gasteiger charge is -2.31. The molecule has 2 aliphatic rings. The van der Waals surface area contributed by atoms with Crippen molar-refractivity contribution in [3.8, 4) is 0 Å². The highest BCUT2D eigenvalue weighted by molar-refractivity contribution is 5.76. The molecule has 2 fully saturated rings. The van der Waals surface area contributed by atoms with Crippen LogP contribution in [0.4, 0.5) is 0 Å². The number of likely N-dealkylation sites (tertiary alicyclic amines) is 1. The summed E-state index contributed by atoms with van der Waals surface area (Å²) in [7, 11) is 0. The molecule has 0 spiro atoms. The van der Waals surface area contributed by atoms with Crippen molar-refractivity contribution in [1.82, 2.24) is 10.2 Å². The minimum atomic E-state index is -0.388. The molecule has 86 valence electrons. The molecule has 1 saturated heterocycles. The molecule has 0 bridgehead atoms. The predicted octanol–water partition coefficient (Wildman–Crippen LogP) is -0.0307. The first-order chi connectivity index (χ1) is 7.29. The van der Waals surface area contributed by atoms with Crippen LogP contribution in [0.25, 0.3) is 0 Å². The summed E-state index contributed by atoms with van der Waals surface area (Å²) in [5.74, 6) is 0.357. The maximum Gasteiger partial charge on any atom is 0.245 e. The number of rotatable bonds is 4. The Morgan fingerprint density at radius 2 is 1.93 bits per heavy atom. The summed E-state index contributed by atoms with van der Waals surface area (Å²) in [5.41, 5.74) is 0. The summed E-state index contributed by atoms with van der Waals surface area (Å²) in [5, 5.41) is 11.3. The molecule has 0 atom stereocenters. The zero-order chi connectivity index (χ0) is 10.7. The number of carbonyl (C=O) groups is 1. The Morgan fingerprint density at radius 1 is 1.27 bits per heavy atom. The van der Waals surface area contributed by atoms with Gasteiger partial charge in [-0.05, 0) is 44.7 Å². The van der Waals surface area contributed by atoms with Gasteiger partial charge in [-0.3, -0.25) is 4.79 Å². The zero-order valence-electron chi connectivity index (χ0n) is 9.11. The molecule has 0 radical (unpaired) electrons. The Balaban J connectivity index is 1.62. The van der Waals surface area contributed by atoms with Gasteiger partial charge >= 0.3 is 0 Å². The lowest BCUT2D eigenvalue weighted by Crippen LogP contribution is -2.40. The number of piperidine rings is 1. The van der Waals surface area contributed by atoms with Gasteiger partial charge in [-0.15, -0.1) is 0 Å². The van der Waals surface area contributed by atoms with Crippen molar-refractivity contribution in [2.75, 3.05) is 26.2 Å². The van der Waals surface area contributed by atoms with Crippen molar-refractivity contribution in [3.63, 3.8) is 0 Å². The van der Waals surface area contributed by atoms with Crippen molar-refractivity contribution < 1.29 is 9.90 Å². The monoisotopic (exact) mass is 212 g/mol. The lowest BCUT2D eigenvalue weighted by molar-refractivity contribution is -0.124. The average Bonchev–Trinajstić information content (AvgIpc) is 3.10. The molecule has 4 nitrogen and oxygen atoms in total. The van der Waals surface area contributed by atoms with Crippen LogP contribution in [0.1, 0.15) is 25.7 Å². The van der Waals surface area contributed by atoms with Gasteiger partial charge in [-0.25, -0.2) is 0 Å². The van der Waals surface area contributed by atoms with Crippen molar-refractivity contribution >= 4 is 5.91 Å². The lowest BCUT2D eigenvalue weighted by atomic mass is 9.96. The van der Waals surface area contributed by atoms with Crippen LogP contribution < -0.4 is 5.32 Å². The second-order valence-corrected chi connectivity index (χ2v) is 4.67. The second-order valence-electron chi connectivity index (χ2n) is 4.67. The number of nitrogens with zero attached hydrogens (tertiary/aromatic N) is 1. The molecule has 1 saturated carbocycles. The number of nitrogens with one attached hydrogen (secondary N) is 1. The van der Waals surface area contributed by atoms with Crippen LogP contribution in [-0.4, -0.2) is 48.2 Å². The Kier molecular flexibility index (Phi) is 3.59. The molecule has 1 heterocycles. The van der Waals surface area contributed by atoms with Crippen LogP contribution >= 0.6 is 0 Å². The fraction of sp³-hybridized carbons (Fsp3) is 0.909. The van der Waals surface area contributed by atoms with Gasteiger partial charge < -0.3 is 15.3 Å². The number of aliphatic hydroxyl groups excluding tert-OH is 1. The Bertz CT molecular complexity index is 221. The number of amides is 1. The van der Waals surface area contributed by atoms with E-state index in [2.05, 4.69) is 10.2 Å². The third-order valence-electron chi connectivity index (χ3n) is 3.44. The maximum absolute atomic E-state index is 10.9. The third kappa shape index (κ3) is 3.18. The quantitative estimate of drug-likeness (QED) is 0.688. The molecule has 1 amide bonds. The van der Waals surface area contributed by atoms with E-state index in [4.69, 9.17) is 5.11 Å². The molecular formula is C11H20N2O2. The molecular weight excluding hydrogens is 192 g/mol. The predicted molar refractivity (Wildman–Crippen MR) is 57.4 cm³/mol. The summed E-state index contributed by atoms with van der Waals surface area (Å²) in [4.78, 5) is 13.4. The highest BCUT2D eigenvalue weighted by Gasteiger charge is 2.31. The van der Waals surface area contributed by atoms with E-state index in [1.54, 1.807) is 0 Å². The Morgan fingerprint density at radius 3 is 2.47 bits per heavy atom. The standard InChI is InChI=1S/C11H20N2O2/c14-8-11(15)12-7-9-3-5-13(6-4-9)10-1-2-10/h9-10,14H,1-8H2,(H,12,15). The molecule has 0 aromatic heterocycles. The van der Waals surface area contributed by atoms with Gasteiger partial charge in [-0.1, -0.05) is 0 Å². The smallest absolute Gasteiger partial charge is 0.245 e. The van der Waals surface area contributed by atoms with Crippen molar-refractivity contribution in [1.29, 1.82) is 0 Å². The van der Waals surface area contributed by atoms with Crippen LogP contribution in [0.15, 0.2) is 0 Å². The fourth-order valence-corrected chi connectivity index (χ4v) is 2.28. The van der Waals surface area contributed by atoms with Crippen LogP contribution in [-0.2, 0) is 4.79 Å². The molecule has 0 unspecified atom stereocenters. The Labute approximate surface area is 90.6 Å². The number of hydrogen-bond acceptors (Lipinski definition) is 3. The van der Waals surface area contributed by atoms with Crippen molar-refractivity contribution in [2.24, 2.45) is 5.92 Å². The van der Waals surface area contributed by atoms with E-state index < -0.39 is 0 Å². The van der Waals surface area contributed by atoms with Crippen molar-refractivity contribution in [3.05, 3.63) is 0 Å². The first kappa shape index (κ1) is 10.9. The molecule has 15 heavy (non-hydrogen) atoms. The molecule has 4 heteroatoms. The van der Waals surface area contributed by atoms with Gasteiger partial charge in [0.15, 0.2) is 0 Å². The average molecular weight is 212 g/mol. The van der Waals surface area contributed by atoms with Crippen LogP contribution in [0.3, 0.4) is 0 Å². The van der Waals surface area contributed by atoms with Gasteiger partial charge in [0.1, 0.15) is 6.61 Å². The number of hydrogen-bond donors (Lipinski definition) is 2. The van der Waals surface area contributed by atoms with Crippen molar-refractivity contribution in [2.45, 2.75) is 31.7 Å². The molecule has 1 aliphatic carbocycles. The summed E-state index contributed by atoms with van der Waals surface area (Å²) in [6, 6.07) is 0.873. The van der Waals surface area contributed by atoms with Crippen LogP contribution in [0.2, 0.25) is 0 Å². The van der Waals surface area contributed by atoms with E-state index in [0.29, 0.717) is 5.92 Å².